The lowest BCUT2D eigenvalue weighted by atomic mass is 9.91. The Balaban J connectivity index is 2.23. The molecule has 0 bridgehead atoms. The van der Waals surface area contributed by atoms with Crippen LogP contribution in [0.4, 0.5) is 4.79 Å². The second-order valence-electron chi connectivity index (χ2n) is 5.54. The van der Waals surface area contributed by atoms with Gasteiger partial charge in [-0.1, -0.05) is 12.1 Å². The normalized spacial score (nSPS) is 21.3. The van der Waals surface area contributed by atoms with Crippen molar-refractivity contribution in [3.8, 4) is 0 Å². The molecule has 1 aromatic rings. The van der Waals surface area contributed by atoms with Gasteiger partial charge in [-0.3, -0.25) is 14.9 Å². The Hall–Kier alpha value is -2.90. The SMILES string of the molecule is CC(C(=O)O)N(C)C(=O)c1ccc(C2(C)NC(=O)NC2=O)cc1. The van der Waals surface area contributed by atoms with E-state index in [1.54, 1.807) is 19.1 Å². The van der Waals surface area contributed by atoms with Crippen LogP contribution in [0.15, 0.2) is 24.3 Å². The highest BCUT2D eigenvalue weighted by molar-refractivity contribution is 6.07. The van der Waals surface area contributed by atoms with E-state index in [1.807, 2.05) is 0 Å². The van der Waals surface area contributed by atoms with Crippen molar-refractivity contribution in [3.05, 3.63) is 35.4 Å². The van der Waals surface area contributed by atoms with Crippen LogP contribution in [0.1, 0.15) is 29.8 Å². The summed E-state index contributed by atoms with van der Waals surface area (Å²) in [6.45, 7) is 2.97. The topological polar surface area (TPSA) is 116 Å². The van der Waals surface area contributed by atoms with Gasteiger partial charge in [0.1, 0.15) is 11.6 Å². The van der Waals surface area contributed by atoms with E-state index >= 15 is 0 Å². The summed E-state index contributed by atoms with van der Waals surface area (Å²) in [5.74, 6) is -2.02. The fourth-order valence-electron chi connectivity index (χ4n) is 2.24. The second-order valence-corrected chi connectivity index (χ2v) is 5.54. The first-order chi connectivity index (χ1) is 10.7. The average molecular weight is 319 g/mol. The number of imide groups is 1. The van der Waals surface area contributed by atoms with E-state index in [2.05, 4.69) is 10.6 Å². The molecule has 8 heteroatoms. The first kappa shape index (κ1) is 16.5. The summed E-state index contributed by atoms with van der Waals surface area (Å²) in [7, 11) is 1.40. The van der Waals surface area contributed by atoms with E-state index in [0.717, 1.165) is 4.90 Å². The zero-order valence-electron chi connectivity index (χ0n) is 12.9. The number of carboxylic acids is 1. The number of nitrogens with zero attached hydrogens (tertiary/aromatic N) is 1. The van der Waals surface area contributed by atoms with Gasteiger partial charge < -0.3 is 15.3 Å². The molecule has 2 unspecified atom stereocenters. The smallest absolute Gasteiger partial charge is 0.326 e. The van der Waals surface area contributed by atoms with Gasteiger partial charge in [0.2, 0.25) is 0 Å². The highest BCUT2D eigenvalue weighted by Gasteiger charge is 2.43. The average Bonchev–Trinajstić information content (AvgIpc) is 2.78. The number of carbonyl (C=O) groups is 4. The van der Waals surface area contributed by atoms with Crippen LogP contribution in [0.5, 0.6) is 0 Å². The number of aliphatic carboxylic acids is 1. The Morgan fingerprint density at radius 1 is 1.22 bits per heavy atom. The molecule has 0 aliphatic carbocycles. The number of benzene rings is 1. The first-order valence-corrected chi connectivity index (χ1v) is 6.91. The number of likely N-dealkylation sites (N-methyl/N-ethyl adjacent to an activating group) is 1. The van der Waals surface area contributed by atoms with Gasteiger partial charge in [-0.25, -0.2) is 9.59 Å². The van der Waals surface area contributed by atoms with Gasteiger partial charge in [-0.15, -0.1) is 0 Å². The summed E-state index contributed by atoms with van der Waals surface area (Å²) in [6, 6.07) is 4.56. The molecule has 1 heterocycles. The Labute approximate surface area is 132 Å². The van der Waals surface area contributed by atoms with Gasteiger partial charge in [0.05, 0.1) is 0 Å². The number of carboxylic acid groups (broad SMARTS) is 1. The van der Waals surface area contributed by atoms with Crippen molar-refractivity contribution in [2.24, 2.45) is 0 Å². The number of nitrogens with one attached hydrogen (secondary N) is 2. The largest absolute Gasteiger partial charge is 0.480 e. The van der Waals surface area contributed by atoms with Crippen LogP contribution in [0, 0.1) is 0 Å². The Bertz CT molecular complexity index is 685. The Morgan fingerprint density at radius 2 is 1.78 bits per heavy atom. The van der Waals surface area contributed by atoms with Crippen LogP contribution in [0.2, 0.25) is 0 Å². The number of amides is 4. The van der Waals surface area contributed by atoms with Gasteiger partial charge in [-0.2, -0.15) is 0 Å². The molecule has 1 aliphatic rings. The molecule has 0 radical (unpaired) electrons. The molecule has 1 aliphatic heterocycles. The van der Waals surface area contributed by atoms with E-state index in [-0.39, 0.29) is 5.56 Å². The van der Waals surface area contributed by atoms with E-state index in [1.165, 1.54) is 26.1 Å². The van der Waals surface area contributed by atoms with E-state index in [4.69, 9.17) is 5.11 Å². The predicted octanol–water partition coefficient (Wildman–Crippen LogP) is 0.286. The summed E-state index contributed by atoms with van der Waals surface area (Å²) in [5.41, 5.74) is -0.386. The number of rotatable bonds is 4. The standard InChI is InChI=1S/C15H17N3O5/c1-8(12(20)21)18(3)11(19)9-4-6-10(7-5-9)15(2)13(22)16-14(23)17-15/h4-8H,1-3H3,(H,20,21)(H2,16,17,22,23). The maximum Gasteiger partial charge on any atom is 0.326 e. The third-order valence-electron chi connectivity index (χ3n) is 4.01. The van der Waals surface area contributed by atoms with E-state index < -0.39 is 35.4 Å². The summed E-state index contributed by atoms with van der Waals surface area (Å²) in [4.78, 5) is 47.4. The maximum absolute atomic E-state index is 12.2. The fraction of sp³-hybridized carbons (Fsp3) is 0.333. The third kappa shape index (κ3) is 2.87. The van der Waals surface area contributed by atoms with Crippen LogP contribution < -0.4 is 10.6 Å². The summed E-state index contributed by atoms with van der Waals surface area (Å²) < 4.78 is 0. The Kier molecular flexibility index (Phi) is 4.09. The molecule has 0 saturated carbocycles. The van der Waals surface area contributed by atoms with Crippen LogP contribution in [-0.4, -0.2) is 46.9 Å². The molecule has 2 rings (SSSR count). The highest BCUT2D eigenvalue weighted by Crippen LogP contribution is 2.24. The minimum Gasteiger partial charge on any atom is -0.480 e. The fourth-order valence-corrected chi connectivity index (χ4v) is 2.24. The van der Waals surface area contributed by atoms with Gasteiger partial charge in [0.25, 0.3) is 11.8 Å². The third-order valence-corrected chi connectivity index (χ3v) is 4.01. The van der Waals surface area contributed by atoms with E-state index in [9.17, 15) is 19.2 Å². The van der Waals surface area contributed by atoms with Crippen molar-refractivity contribution < 1.29 is 24.3 Å². The van der Waals surface area contributed by atoms with Crippen molar-refractivity contribution in [2.45, 2.75) is 25.4 Å². The van der Waals surface area contributed by atoms with Crippen LogP contribution in [-0.2, 0) is 15.1 Å². The molecular formula is C15H17N3O5. The number of hydrogen-bond donors (Lipinski definition) is 3. The molecule has 2 atom stereocenters. The lowest BCUT2D eigenvalue weighted by molar-refractivity contribution is -0.141. The summed E-state index contributed by atoms with van der Waals surface area (Å²) in [6.07, 6.45) is 0. The monoisotopic (exact) mass is 319 g/mol. The van der Waals surface area contributed by atoms with Crippen molar-refractivity contribution in [1.29, 1.82) is 0 Å². The van der Waals surface area contributed by atoms with Gasteiger partial charge in [0, 0.05) is 12.6 Å². The van der Waals surface area contributed by atoms with Crippen molar-refractivity contribution in [3.63, 3.8) is 0 Å². The van der Waals surface area contributed by atoms with Crippen LogP contribution in [0.3, 0.4) is 0 Å². The minimum absolute atomic E-state index is 0.290. The van der Waals surface area contributed by atoms with Crippen LogP contribution >= 0.6 is 0 Å². The minimum atomic E-state index is -1.20. The summed E-state index contributed by atoms with van der Waals surface area (Å²) in [5, 5.41) is 13.6. The molecule has 23 heavy (non-hydrogen) atoms. The molecule has 4 amide bonds. The molecule has 122 valence electrons. The molecule has 1 saturated heterocycles. The van der Waals surface area contributed by atoms with Gasteiger partial charge in [0.15, 0.2) is 0 Å². The highest BCUT2D eigenvalue weighted by atomic mass is 16.4. The molecule has 3 N–H and O–H groups in total. The Morgan fingerprint density at radius 3 is 2.22 bits per heavy atom. The molecule has 8 nitrogen and oxygen atoms in total. The van der Waals surface area contributed by atoms with E-state index in [0.29, 0.717) is 5.56 Å². The number of carbonyl (C=O) groups excluding carboxylic acids is 3. The molecule has 0 spiro atoms. The van der Waals surface area contributed by atoms with Gasteiger partial charge >= 0.3 is 12.0 Å². The zero-order valence-corrected chi connectivity index (χ0v) is 12.9. The second kappa shape index (κ2) is 5.71. The van der Waals surface area contributed by atoms with Crippen molar-refractivity contribution in [1.82, 2.24) is 15.5 Å². The molecular weight excluding hydrogens is 302 g/mol. The molecule has 1 aromatic carbocycles. The predicted molar refractivity (Wildman–Crippen MR) is 79.7 cm³/mol. The quantitative estimate of drug-likeness (QED) is 0.690. The number of hydrogen-bond acceptors (Lipinski definition) is 4. The van der Waals surface area contributed by atoms with Crippen molar-refractivity contribution >= 4 is 23.8 Å². The number of urea groups is 1. The van der Waals surface area contributed by atoms with Crippen molar-refractivity contribution in [2.75, 3.05) is 7.05 Å². The molecule has 1 fully saturated rings. The van der Waals surface area contributed by atoms with Gasteiger partial charge in [-0.05, 0) is 31.5 Å². The summed E-state index contributed by atoms with van der Waals surface area (Å²) >= 11 is 0. The van der Waals surface area contributed by atoms with Crippen LogP contribution in [0.25, 0.3) is 0 Å². The first-order valence-electron chi connectivity index (χ1n) is 6.91. The lowest BCUT2D eigenvalue weighted by Gasteiger charge is -2.23. The maximum atomic E-state index is 12.2. The lowest BCUT2D eigenvalue weighted by Crippen LogP contribution is -2.41. The zero-order chi connectivity index (χ0) is 17.4. The molecule has 0 aromatic heterocycles.